The van der Waals surface area contributed by atoms with Gasteiger partial charge in [0.05, 0.1) is 5.75 Å². The number of rotatable bonds is 3. The van der Waals surface area contributed by atoms with Gasteiger partial charge in [-0.15, -0.1) is 0 Å². The fourth-order valence-corrected chi connectivity index (χ4v) is 1.64. The Kier molecular flexibility index (Phi) is 5.83. The first-order valence-corrected chi connectivity index (χ1v) is 5.24. The van der Waals surface area contributed by atoms with Gasteiger partial charge in [0.1, 0.15) is 0 Å². The summed E-state index contributed by atoms with van der Waals surface area (Å²) in [5.41, 5.74) is 0.798. The van der Waals surface area contributed by atoms with Gasteiger partial charge in [0.15, 0.2) is 0 Å². The van der Waals surface area contributed by atoms with Gasteiger partial charge in [0.25, 0.3) is 0 Å². The molecule has 68 valence electrons. The first-order chi connectivity index (χ1) is 5.64. The van der Waals surface area contributed by atoms with Gasteiger partial charge in [-0.2, -0.15) is 0 Å². The summed E-state index contributed by atoms with van der Waals surface area (Å²) >= 11 is 0. The predicted molar refractivity (Wildman–Crippen MR) is 49.2 cm³/mol. The summed E-state index contributed by atoms with van der Waals surface area (Å²) in [5.74, 6) is 0.0460. The first kappa shape index (κ1) is 13.1. The molecule has 5 heteroatoms. The predicted octanol–water partition coefficient (Wildman–Crippen LogP) is -2.15. The van der Waals surface area contributed by atoms with E-state index in [0.29, 0.717) is 0 Å². The Morgan fingerprint density at radius 2 is 1.85 bits per heavy atom. The van der Waals surface area contributed by atoms with Crippen LogP contribution in [0.15, 0.2) is 30.3 Å². The van der Waals surface area contributed by atoms with Gasteiger partial charge < -0.3 is 1.43 Å². The van der Waals surface area contributed by atoms with E-state index in [1.165, 1.54) is 7.05 Å². The Bertz CT molecular complexity index is 342. The van der Waals surface area contributed by atoms with Crippen LogP contribution < -0.4 is 34.3 Å². The third-order valence-corrected chi connectivity index (χ3v) is 2.85. The molecule has 0 radical (unpaired) electrons. The Morgan fingerprint density at radius 3 is 2.31 bits per heavy atom. The molecule has 13 heavy (non-hydrogen) atoms. The van der Waals surface area contributed by atoms with E-state index in [9.17, 15) is 8.42 Å². The third-order valence-electron chi connectivity index (χ3n) is 1.51. The van der Waals surface area contributed by atoms with Crippen LogP contribution in [0.4, 0.5) is 0 Å². The van der Waals surface area contributed by atoms with Gasteiger partial charge in [0.2, 0.25) is 10.0 Å². The van der Waals surface area contributed by atoms with Crippen molar-refractivity contribution in [3.05, 3.63) is 35.9 Å². The zero-order valence-corrected chi connectivity index (χ0v) is 10.6. The molecule has 1 rings (SSSR count). The molecule has 0 aliphatic carbocycles. The Balaban J connectivity index is 0. The smallest absolute Gasteiger partial charge is 1.00 e. The summed E-state index contributed by atoms with van der Waals surface area (Å²) in [6, 6.07) is 9.07. The summed E-state index contributed by atoms with van der Waals surface area (Å²) in [4.78, 5) is 0. The van der Waals surface area contributed by atoms with E-state index < -0.39 is 10.0 Å². The molecule has 0 bridgehead atoms. The maximum Gasteiger partial charge on any atom is 1.00 e. The van der Waals surface area contributed by atoms with Gasteiger partial charge in [-0.3, -0.25) is 0 Å². The van der Waals surface area contributed by atoms with E-state index in [1.807, 2.05) is 18.2 Å². The minimum atomic E-state index is -3.12. The van der Waals surface area contributed by atoms with Crippen LogP contribution in [0, 0.1) is 0 Å². The van der Waals surface area contributed by atoms with Gasteiger partial charge >= 0.3 is 29.6 Å². The molecule has 3 nitrogen and oxygen atoms in total. The van der Waals surface area contributed by atoms with Crippen LogP contribution in [-0.2, 0) is 15.8 Å². The van der Waals surface area contributed by atoms with Crippen LogP contribution in [0.3, 0.4) is 0 Å². The molecule has 0 spiro atoms. The molecule has 0 fully saturated rings. The molecule has 0 unspecified atom stereocenters. The summed E-state index contributed by atoms with van der Waals surface area (Å²) in [6.45, 7) is 0. The summed E-state index contributed by atoms with van der Waals surface area (Å²) in [7, 11) is -1.71. The number of hydrogen-bond acceptors (Lipinski definition) is 2. The summed E-state index contributed by atoms with van der Waals surface area (Å²) in [6.07, 6.45) is 0. The van der Waals surface area contributed by atoms with Crippen molar-refractivity contribution < 1.29 is 39.4 Å². The van der Waals surface area contributed by atoms with Gasteiger partial charge in [-0.1, -0.05) is 30.3 Å². The molecular weight excluding hydrogens is 197 g/mol. The summed E-state index contributed by atoms with van der Waals surface area (Å²) in [5, 5.41) is 0. The topological polar surface area (TPSA) is 46.2 Å². The standard InChI is InChI=1S/C8H11NO2S.Na.H/c1-9-12(10,11)7-8-5-3-2-4-6-8;;/h2-6,9H,7H2,1H3;;/q;+1;-1. The average molecular weight is 209 g/mol. The van der Waals surface area contributed by atoms with Crippen LogP contribution in [0.25, 0.3) is 0 Å². The van der Waals surface area contributed by atoms with Gasteiger partial charge in [0, 0.05) is 0 Å². The van der Waals surface area contributed by atoms with Crippen molar-refractivity contribution in [1.29, 1.82) is 0 Å². The van der Waals surface area contributed by atoms with Crippen LogP contribution >= 0.6 is 0 Å². The molecule has 0 aliphatic rings. The number of benzene rings is 1. The van der Waals surface area contributed by atoms with Crippen molar-refractivity contribution in [3.8, 4) is 0 Å². The van der Waals surface area contributed by atoms with Crippen molar-refractivity contribution in [2.75, 3.05) is 7.05 Å². The Labute approximate surface area is 102 Å². The molecule has 0 saturated carbocycles. The molecule has 0 saturated heterocycles. The first-order valence-electron chi connectivity index (χ1n) is 3.59. The molecule has 1 aromatic rings. The van der Waals surface area contributed by atoms with Crippen LogP contribution in [-0.4, -0.2) is 15.5 Å². The molecule has 0 aliphatic heterocycles. The molecule has 0 amide bonds. The van der Waals surface area contributed by atoms with E-state index in [-0.39, 0.29) is 36.7 Å². The third kappa shape index (κ3) is 4.78. The number of sulfonamides is 1. The number of hydrogen-bond donors (Lipinski definition) is 1. The van der Waals surface area contributed by atoms with E-state index in [1.54, 1.807) is 12.1 Å². The molecule has 1 N–H and O–H groups in total. The molecule has 0 atom stereocenters. The second-order valence-electron chi connectivity index (χ2n) is 2.45. The van der Waals surface area contributed by atoms with E-state index >= 15 is 0 Å². The second-order valence-corrected chi connectivity index (χ2v) is 4.38. The zero-order valence-electron chi connectivity index (χ0n) is 8.82. The molecule has 1 aromatic carbocycles. The largest absolute Gasteiger partial charge is 1.00 e. The summed E-state index contributed by atoms with van der Waals surface area (Å²) < 4.78 is 24.4. The fourth-order valence-electron chi connectivity index (χ4n) is 0.866. The SMILES string of the molecule is CNS(=O)(=O)Cc1ccccc1.[H-].[Na+]. The van der Waals surface area contributed by atoms with Gasteiger partial charge in [-0.05, 0) is 12.6 Å². The second kappa shape index (κ2) is 5.78. The zero-order chi connectivity index (χ0) is 9.03. The minimum absolute atomic E-state index is 0. The van der Waals surface area contributed by atoms with Crippen molar-refractivity contribution in [2.45, 2.75) is 5.75 Å². The fraction of sp³-hybridized carbons (Fsp3) is 0.250. The van der Waals surface area contributed by atoms with E-state index in [4.69, 9.17) is 0 Å². The Hall–Kier alpha value is 0.130. The van der Waals surface area contributed by atoms with Crippen molar-refractivity contribution >= 4 is 10.0 Å². The quantitative estimate of drug-likeness (QED) is 0.577. The maximum absolute atomic E-state index is 11.1. The van der Waals surface area contributed by atoms with E-state index in [0.717, 1.165) is 5.56 Å². The van der Waals surface area contributed by atoms with Crippen molar-refractivity contribution in [3.63, 3.8) is 0 Å². The van der Waals surface area contributed by atoms with Crippen molar-refractivity contribution in [1.82, 2.24) is 4.72 Å². The molecule has 0 aromatic heterocycles. The monoisotopic (exact) mass is 209 g/mol. The molecule has 0 heterocycles. The normalized spacial score (nSPS) is 10.5. The maximum atomic E-state index is 11.1. The average Bonchev–Trinajstić information content (AvgIpc) is 2.06. The van der Waals surface area contributed by atoms with Crippen LogP contribution in [0.1, 0.15) is 6.99 Å². The minimum Gasteiger partial charge on any atom is -1.00 e. The Morgan fingerprint density at radius 1 is 1.31 bits per heavy atom. The molecular formula is C8H12NNaO2S. The van der Waals surface area contributed by atoms with E-state index in [2.05, 4.69) is 4.72 Å². The van der Waals surface area contributed by atoms with Crippen LogP contribution in [0.5, 0.6) is 0 Å². The van der Waals surface area contributed by atoms with Crippen LogP contribution in [0.2, 0.25) is 0 Å². The van der Waals surface area contributed by atoms with Crippen molar-refractivity contribution in [2.24, 2.45) is 0 Å². The number of nitrogens with one attached hydrogen (secondary N) is 1. The van der Waals surface area contributed by atoms with Gasteiger partial charge in [-0.25, -0.2) is 13.1 Å².